The van der Waals surface area contributed by atoms with Crippen LogP contribution in [0.5, 0.6) is 0 Å². The summed E-state index contributed by atoms with van der Waals surface area (Å²) in [5, 5.41) is 0. The Balaban J connectivity index is 1.56. The molecule has 0 saturated carbocycles. The summed E-state index contributed by atoms with van der Waals surface area (Å²) in [7, 11) is 5.93. The van der Waals surface area contributed by atoms with Crippen molar-refractivity contribution in [1.82, 2.24) is 0 Å². The standard InChI is InChI=1S/C43H53B/c1-4-6-8-10-12-14-28-43(29-15-13-11-9-7-5-2)41-30-37(35-20-16-33(3)17-21-35)24-26-39(41)40-27-25-38(31-42(40)43)36-22-18-34(32-44)19-23-36/h16-27,30-31H,4-15,28-29,32H2,1-3H3. The second-order valence-electron chi connectivity index (χ2n) is 13.4. The molecule has 228 valence electrons. The predicted octanol–water partition coefficient (Wildman–Crippen LogP) is 12.8. The summed E-state index contributed by atoms with van der Waals surface area (Å²) < 4.78 is 0. The van der Waals surface area contributed by atoms with Crippen molar-refractivity contribution in [3.8, 4) is 33.4 Å². The Hall–Kier alpha value is -3.06. The number of aryl methyl sites for hydroxylation is 1. The van der Waals surface area contributed by atoms with E-state index in [0.717, 1.165) is 0 Å². The van der Waals surface area contributed by atoms with Crippen LogP contribution in [0.4, 0.5) is 0 Å². The normalized spacial score (nSPS) is 13.2. The average Bonchev–Trinajstić information content (AvgIpc) is 3.33. The second kappa shape index (κ2) is 15.8. The first-order valence-corrected chi connectivity index (χ1v) is 17.8. The Kier molecular flexibility index (Phi) is 11.6. The second-order valence-corrected chi connectivity index (χ2v) is 13.4. The molecule has 4 aromatic rings. The fraction of sp³-hybridized carbons (Fsp3) is 0.442. The highest BCUT2D eigenvalue weighted by Crippen LogP contribution is 2.55. The van der Waals surface area contributed by atoms with Crippen molar-refractivity contribution in [3.63, 3.8) is 0 Å². The van der Waals surface area contributed by atoms with Gasteiger partial charge in [-0.05, 0) is 76.4 Å². The van der Waals surface area contributed by atoms with Crippen LogP contribution < -0.4 is 0 Å². The van der Waals surface area contributed by atoms with Crippen molar-refractivity contribution in [2.24, 2.45) is 0 Å². The van der Waals surface area contributed by atoms with Crippen molar-refractivity contribution < 1.29 is 0 Å². The van der Waals surface area contributed by atoms with E-state index < -0.39 is 0 Å². The van der Waals surface area contributed by atoms with E-state index in [9.17, 15) is 0 Å². The molecule has 1 aliphatic carbocycles. The minimum atomic E-state index is 0.0636. The highest BCUT2D eigenvalue weighted by atomic mass is 14.5. The molecule has 0 atom stereocenters. The summed E-state index contributed by atoms with van der Waals surface area (Å²) in [5.74, 6) is 0. The molecule has 0 spiro atoms. The van der Waals surface area contributed by atoms with Gasteiger partial charge in [-0.1, -0.05) is 181 Å². The van der Waals surface area contributed by atoms with E-state index >= 15 is 0 Å². The third-order valence-electron chi connectivity index (χ3n) is 10.2. The third kappa shape index (κ3) is 7.42. The molecule has 0 heterocycles. The summed E-state index contributed by atoms with van der Waals surface area (Å²) in [6, 6.07) is 32.7. The summed E-state index contributed by atoms with van der Waals surface area (Å²) in [5.41, 5.74) is 13.9. The molecule has 2 radical (unpaired) electrons. The van der Waals surface area contributed by atoms with E-state index in [4.69, 9.17) is 7.85 Å². The van der Waals surface area contributed by atoms with Gasteiger partial charge in [0.2, 0.25) is 0 Å². The van der Waals surface area contributed by atoms with Gasteiger partial charge in [-0.3, -0.25) is 0 Å². The van der Waals surface area contributed by atoms with Crippen molar-refractivity contribution in [2.75, 3.05) is 0 Å². The van der Waals surface area contributed by atoms with Crippen molar-refractivity contribution in [2.45, 2.75) is 122 Å². The van der Waals surface area contributed by atoms with Gasteiger partial charge in [0.15, 0.2) is 0 Å². The highest BCUT2D eigenvalue weighted by Gasteiger charge is 2.42. The maximum absolute atomic E-state index is 5.93. The maximum atomic E-state index is 5.93. The van der Waals surface area contributed by atoms with Crippen LogP contribution in [0.2, 0.25) is 0 Å². The van der Waals surface area contributed by atoms with Crippen molar-refractivity contribution in [3.05, 3.63) is 107 Å². The van der Waals surface area contributed by atoms with Gasteiger partial charge in [-0.25, -0.2) is 0 Å². The first kappa shape index (κ1) is 32.3. The molecule has 0 amide bonds. The summed E-state index contributed by atoms with van der Waals surface area (Å²) in [6.07, 6.45) is 19.1. The Morgan fingerprint density at radius 2 is 0.886 bits per heavy atom. The first-order valence-electron chi connectivity index (χ1n) is 17.8. The molecule has 0 aliphatic heterocycles. The largest absolute Gasteiger partial charge is 0.0716 e. The van der Waals surface area contributed by atoms with Crippen molar-refractivity contribution in [1.29, 1.82) is 0 Å². The highest BCUT2D eigenvalue weighted by molar-refractivity contribution is 6.08. The Labute approximate surface area is 270 Å². The smallest absolute Gasteiger partial charge is 0.0654 e. The molecule has 0 bridgehead atoms. The molecule has 0 fully saturated rings. The summed E-state index contributed by atoms with van der Waals surface area (Å²) >= 11 is 0. The topological polar surface area (TPSA) is 0 Å². The lowest BCUT2D eigenvalue weighted by molar-refractivity contribution is 0.398. The molecule has 0 saturated heterocycles. The number of benzene rings is 4. The molecule has 0 nitrogen and oxygen atoms in total. The molecular formula is C43H53B. The quantitative estimate of drug-likeness (QED) is 0.0861. The zero-order valence-corrected chi connectivity index (χ0v) is 27.8. The monoisotopic (exact) mass is 580 g/mol. The van der Waals surface area contributed by atoms with Crippen LogP contribution >= 0.6 is 0 Å². The molecular weight excluding hydrogens is 527 g/mol. The molecule has 1 aliphatic rings. The maximum Gasteiger partial charge on any atom is 0.0716 e. The van der Waals surface area contributed by atoms with E-state index in [0.29, 0.717) is 6.32 Å². The molecule has 0 unspecified atom stereocenters. The molecule has 5 rings (SSSR count). The number of hydrogen-bond acceptors (Lipinski definition) is 0. The van der Waals surface area contributed by atoms with Crippen LogP contribution in [0.25, 0.3) is 33.4 Å². The van der Waals surface area contributed by atoms with Gasteiger partial charge in [-0.15, -0.1) is 0 Å². The average molecular weight is 581 g/mol. The zero-order chi connectivity index (χ0) is 30.8. The van der Waals surface area contributed by atoms with E-state index in [1.807, 2.05) is 0 Å². The Morgan fingerprint density at radius 1 is 0.477 bits per heavy atom. The predicted molar refractivity (Wildman–Crippen MR) is 194 cm³/mol. The number of fused-ring (bicyclic) bond motifs is 3. The third-order valence-corrected chi connectivity index (χ3v) is 10.2. The van der Waals surface area contributed by atoms with Crippen LogP contribution in [0.3, 0.4) is 0 Å². The SMILES string of the molecule is [B]Cc1ccc(-c2ccc3c(c2)C(CCCCCCCC)(CCCCCCCC)c2cc(-c4ccc(C)cc4)ccc2-3)cc1. The Bertz CT molecular complexity index is 1440. The first-order chi connectivity index (χ1) is 21.6. The van der Waals surface area contributed by atoms with Gasteiger partial charge in [0.05, 0.1) is 7.85 Å². The summed E-state index contributed by atoms with van der Waals surface area (Å²) in [6.45, 7) is 6.81. The molecule has 0 N–H and O–H groups in total. The minimum Gasteiger partial charge on any atom is -0.0654 e. The fourth-order valence-corrected chi connectivity index (χ4v) is 7.51. The van der Waals surface area contributed by atoms with Crippen LogP contribution in [0.15, 0.2) is 84.9 Å². The number of hydrogen-bond donors (Lipinski definition) is 0. The molecule has 0 aromatic heterocycles. The van der Waals surface area contributed by atoms with Gasteiger partial charge < -0.3 is 0 Å². The van der Waals surface area contributed by atoms with Crippen LogP contribution in [0, 0.1) is 6.92 Å². The lowest BCUT2D eigenvalue weighted by Gasteiger charge is -2.33. The Morgan fingerprint density at radius 3 is 1.34 bits per heavy atom. The van der Waals surface area contributed by atoms with Gasteiger partial charge in [0.1, 0.15) is 0 Å². The van der Waals surface area contributed by atoms with Gasteiger partial charge in [0.25, 0.3) is 0 Å². The van der Waals surface area contributed by atoms with E-state index in [-0.39, 0.29) is 5.41 Å². The van der Waals surface area contributed by atoms with Crippen molar-refractivity contribution >= 4 is 7.85 Å². The minimum absolute atomic E-state index is 0.0636. The molecule has 1 heteroatoms. The van der Waals surface area contributed by atoms with Crippen LogP contribution in [-0.2, 0) is 11.7 Å². The van der Waals surface area contributed by atoms with E-state index in [1.54, 1.807) is 11.1 Å². The van der Waals surface area contributed by atoms with Gasteiger partial charge >= 0.3 is 0 Å². The van der Waals surface area contributed by atoms with Crippen LogP contribution in [0.1, 0.15) is 126 Å². The fourth-order valence-electron chi connectivity index (χ4n) is 7.51. The van der Waals surface area contributed by atoms with Crippen LogP contribution in [-0.4, -0.2) is 7.85 Å². The molecule has 44 heavy (non-hydrogen) atoms. The number of unbranched alkanes of at least 4 members (excludes halogenated alkanes) is 10. The number of rotatable bonds is 17. The zero-order valence-electron chi connectivity index (χ0n) is 27.8. The lowest BCUT2D eigenvalue weighted by Crippen LogP contribution is -2.25. The lowest BCUT2D eigenvalue weighted by atomic mass is 9.70. The molecule has 4 aromatic carbocycles. The van der Waals surface area contributed by atoms with E-state index in [2.05, 4.69) is 106 Å². The van der Waals surface area contributed by atoms with Gasteiger partial charge in [-0.2, -0.15) is 0 Å². The van der Waals surface area contributed by atoms with E-state index in [1.165, 1.54) is 134 Å². The summed E-state index contributed by atoms with van der Waals surface area (Å²) in [4.78, 5) is 0. The van der Waals surface area contributed by atoms with Gasteiger partial charge in [0, 0.05) is 5.41 Å².